The summed E-state index contributed by atoms with van der Waals surface area (Å²) in [6, 6.07) is 13.9. The predicted octanol–water partition coefficient (Wildman–Crippen LogP) is 3.47. The fraction of sp³-hybridized carbons (Fsp3) is 0.158. The van der Waals surface area contributed by atoms with Gasteiger partial charge in [0.1, 0.15) is 5.76 Å². The van der Waals surface area contributed by atoms with E-state index in [-0.39, 0.29) is 17.7 Å². The molecule has 1 aromatic carbocycles. The number of anilines is 1. The molecule has 2 heterocycles. The number of urea groups is 1. The van der Waals surface area contributed by atoms with E-state index in [4.69, 9.17) is 8.83 Å². The van der Waals surface area contributed by atoms with Gasteiger partial charge in [-0.3, -0.25) is 4.79 Å². The van der Waals surface area contributed by atoms with E-state index in [2.05, 4.69) is 10.6 Å². The van der Waals surface area contributed by atoms with Crippen LogP contribution in [0.2, 0.25) is 0 Å². The van der Waals surface area contributed by atoms with Crippen LogP contribution >= 0.6 is 0 Å². The first kappa shape index (κ1) is 17.3. The Morgan fingerprint density at radius 3 is 2.58 bits per heavy atom. The van der Waals surface area contributed by atoms with Crippen LogP contribution in [0.15, 0.2) is 69.9 Å². The minimum atomic E-state index is -0.325. The molecule has 0 aliphatic carbocycles. The highest BCUT2D eigenvalue weighted by atomic mass is 16.3. The molecule has 134 valence electrons. The second-order valence-electron chi connectivity index (χ2n) is 5.73. The standard InChI is InChI=1S/C19H19N3O4/c1-22(13-16-7-3-9-25-16)19(24)20-12-14-5-2-6-15(11-14)21-18(23)17-8-4-10-26-17/h2-11H,12-13H2,1H3,(H,20,24)(H,21,23). The highest BCUT2D eigenvalue weighted by Gasteiger charge is 2.11. The van der Waals surface area contributed by atoms with Gasteiger partial charge in [0.2, 0.25) is 0 Å². The van der Waals surface area contributed by atoms with Gasteiger partial charge in [0.15, 0.2) is 5.76 Å². The minimum Gasteiger partial charge on any atom is -0.467 e. The lowest BCUT2D eigenvalue weighted by atomic mass is 10.2. The topological polar surface area (TPSA) is 87.7 Å². The Morgan fingerprint density at radius 1 is 1.04 bits per heavy atom. The maximum atomic E-state index is 12.2. The zero-order valence-electron chi connectivity index (χ0n) is 14.3. The molecule has 3 aromatic rings. The molecule has 2 aromatic heterocycles. The molecule has 0 saturated heterocycles. The molecule has 26 heavy (non-hydrogen) atoms. The number of hydrogen-bond donors (Lipinski definition) is 2. The number of nitrogens with one attached hydrogen (secondary N) is 2. The average molecular weight is 353 g/mol. The van der Waals surface area contributed by atoms with Gasteiger partial charge in [0.25, 0.3) is 5.91 Å². The Kier molecular flexibility index (Phi) is 5.38. The summed E-state index contributed by atoms with van der Waals surface area (Å²) in [6.45, 7) is 0.726. The number of amides is 3. The van der Waals surface area contributed by atoms with Crippen molar-refractivity contribution in [3.63, 3.8) is 0 Å². The van der Waals surface area contributed by atoms with Gasteiger partial charge in [-0.1, -0.05) is 12.1 Å². The minimum absolute atomic E-state index is 0.216. The molecule has 7 heteroatoms. The summed E-state index contributed by atoms with van der Waals surface area (Å²) in [5.41, 5.74) is 1.49. The highest BCUT2D eigenvalue weighted by Crippen LogP contribution is 2.13. The predicted molar refractivity (Wildman–Crippen MR) is 95.5 cm³/mol. The Balaban J connectivity index is 1.53. The quantitative estimate of drug-likeness (QED) is 0.710. The summed E-state index contributed by atoms with van der Waals surface area (Å²) in [5, 5.41) is 5.59. The Labute approximate surface area is 150 Å². The van der Waals surface area contributed by atoms with Crippen LogP contribution in [0.4, 0.5) is 10.5 Å². The molecule has 3 rings (SSSR count). The number of carbonyl (C=O) groups excluding carboxylic acids is 2. The van der Waals surface area contributed by atoms with Crippen LogP contribution in [-0.2, 0) is 13.1 Å². The summed E-state index contributed by atoms with van der Waals surface area (Å²) in [5.74, 6) is 0.628. The van der Waals surface area contributed by atoms with E-state index in [1.807, 2.05) is 18.2 Å². The maximum absolute atomic E-state index is 12.2. The Hall–Kier alpha value is -3.48. The van der Waals surface area contributed by atoms with Gasteiger partial charge in [0.05, 0.1) is 19.1 Å². The molecular formula is C19H19N3O4. The van der Waals surface area contributed by atoms with Gasteiger partial charge in [-0.2, -0.15) is 0 Å². The Bertz CT molecular complexity index is 857. The molecule has 2 N–H and O–H groups in total. The first-order valence-corrected chi connectivity index (χ1v) is 8.07. The zero-order valence-corrected chi connectivity index (χ0v) is 14.3. The molecular weight excluding hydrogens is 334 g/mol. The second kappa shape index (κ2) is 8.06. The van der Waals surface area contributed by atoms with Crippen LogP contribution in [0, 0.1) is 0 Å². The SMILES string of the molecule is CN(Cc1ccco1)C(=O)NCc1cccc(NC(=O)c2ccco2)c1. The van der Waals surface area contributed by atoms with E-state index in [9.17, 15) is 9.59 Å². The van der Waals surface area contributed by atoms with Gasteiger partial charge in [-0.15, -0.1) is 0 Å². The fourth-order valence-corrected chi connectivity index (χ4v) is 2.38. The fourth-order valence-electron chi connectivity index (χ4n) is 2.38. The smallest absolute Gasteiger partial charge is 0.317 e. The highest BCUT2D eigenvalue weighted by molar-refractivity contribution is 6.02. The normalized spacial score (nSPS) is 10.3. The number of rotatable bonds is 6. The molecule has 0 atom stereocenters. The molecule has 0 aliphatic rings. The van der Waals surface area contributed by atoms with Crippen LogP contribution in [0.25, 0.3) is 0 Å². The van der Waals surface area contributed by atoms with Crippen LogP contribution in [0.5, 0.6) is 0 Å². The first-order chi connectivity index (χ1) is 12.6. The molecule has 0 fully saturated rings. The van der Waals surface area contributed by atoms with Crippen molar-refractivity contribution in [2.75, 3.05) is 12.4 Å². The lowest BCUT2D eigenvalue weighted by Crippen LogP contribution is -2.36. The third-order valence-electron chi connectivity index (χ3n) is 3.69. The lowest BCUT2D eigenvalue weighted by molar-refractivity contribution is 0.0996. The third kappa shape index (κ3) is 4.54. The largest absolute Gasteiger partial charge is 0.467 e. The number of hydrogen-bond acceptors (Lipinski definition) is 4. The van der Waals surface area contributed by atoms with Crippen LogP contribution in [0.3, 0.4) is 0 Å². The van der Waals surface area contributed by atoms with Crippen molar-refractivity contribution >= 4 is 17.6 Å². The van der Waals surface area contributed by atoms with E-state index in [1.165, 1.54) is 11.2 Å². The van der Waals surface area contributed by atoms with Crippen molar-refractivity contribution in [3.8, 4) is 0 Å². The van der Waals surface area contributed by atoms with E-state index >= 15 is 0 Å². The summed E-state index contributed by atoms with van der Waals surface area (Å²) in [4.78, 5) is 25.7. The van der Waals surface area contributed by atoms with Gasteiger partial charge in [0, 0.05) is 19.3 Å². The molecule has 0 aliphatic heterocycles. The van der Waals surface area contributed by atoms with E-state index in [1.54, 1.807) is 43.6 Å². The summed E-state index contributed by atoms with van der Waals surface area (Å²) < 4.78 is 10.3. The van der Waals surface area contributed by atoms with Crippen molar-refractivity contribution in [1.29, 1.82) is 0 Å². The van der Waals surface area contributed by atoms with Gasteiger partial charge in [-0.05, 0) is 42.0 Å². The monoisotopic (exact) mass is 353 g/mol. The van der Waals surface area contributed by atoms with Crippen molar-refractivity contribution in [1.82, 2.24) is 10.2 Å². The van der Waals surface area contributed by atoms with Gasteiger partial charge in [-0.25, -0.2) is 4.79 Å². The number of nitrogens with zero attached hydrogens (tertiary/aromatic N) is 1. The van der Waals surface area contributed by atoms with Crippen LogP contribution < -0.4 is 10.6 Å². The van der Waals surface area contributed by atoms with Crippen molar-refractivity contribution < 1.29 is 18.4 Å². The molecule has 7 nitrogen and oxygen atoms in total. The average Bonchev–Trinajstić information content (AvgIpc) is 3.33. The van der Waals surface area contributed by atoms with Crippen molar-refractivity contribution in [2.45, 2.75) is 13.1 Å². The van der Waals surface area contributed by atoms with Gasteiger partial charge < -0.3 is 24.4 Å². The van der Waals surface area contributed by atoms with Crippen LogP contribution in [0.1, 0.15) is 21.9 Å². The van der Waals surface area contributed by atoms with E-state index < -0.39 is 0 Å². The number of benzene rings is 1. The summed E-state index contributed by atoms with van der Waals surface area (Å²) in [7, 11) is 1.69. The maximum Gasteiger partial charge on any atom is 0.317 e. The van der Waals surface area contributed by atoms with E-state index in [0.29, 0.717) is 24.5 Å². The van der Waals surface area contributed by atoms with E-state index in [0.717, 1.165) is 5.56 Å². The van der Waals surface area contributed by atoms with Gasteiger partial charge >= 0.3 is 6.03 Å². The molecule has 0 radical (unpaired) electrons. The number of carbonyl (C=O) groups is 2. The Morgan fingerprint density at radius 2 is 1.85 bits per heavy atom. The molecule has 0 saturated carbocycles. The zero-order chi connectivity index (χ0) is 18.4. The third-order valence-corrected chi connectivity index (χ3v) is 3.69. The summed E-state index contributed by atoms with van der Waals surface area (Å²) >= 11 is 0. The number of furan rings is 2. The second-order valence-corrected chi connectivity index (χ2v) is 5.73. The molecule has 0 bridgehead atoms. The lowest BCUT2D eigenvalue weighted by Gasteiger charge is -2.17. The molecule has 0 unspecified atom stereocenters. The molecule has 0 spiro atoms. The summed E-state index contributed by atoms with van der Waals surface area (Å²) in [6.07, 6.45) is 3.02. The van der Waals surface area contributed by atoms with Crippen molar-refractivity contribution in [2.24, 2.45) is 0 Å². The van der Waals surface area contributed by atoms with Crippen LogP contribution in [-0.4, -0.2) is 23.9 Å². The molecule has 3 amide bonds. The van der Waals surface area contributed by atoms with Crippen molar-refractivity contribution in [3.05, 3.63) is 78.1 Å². The first-order valence-electron chi connectivity index (χ1n) is 8.07.